The van der Waals surface area contributed by atoms with Crippen LogP contribution in [0, 0.1) is 18.6 Å². The number of hydrogen-bond acceptors (Lipinski definition) is 8. The number of carboxylic acid groups (broad SMARTS) is 1. The molecule has 2 amide bonds. The number of carbonyl (C=O) groups is 5. The molecule has 2 aromatic heterocycles. The van der Waals surface area contributed by atoms with Crippen molar-refractivity contribution in [3.8, 4) is 0 Å². The number of carboxylic acids is 1. The number of esters is 1. The average Bonchev–Trinajstić information content (AvgIpc) is 3.73. The molecule has 1 aliphatic carbocycles. The molecule has 50 heavy (non-hydrogen) atoms. The maximum atomic E-state index is 13.9. The van der Waals surface area contributed by atoms with Gasteiger partial charge in [-0.3, -0.25) is 14.4 Å². The van der Waals surface area contributed by atoms with Crippen LogP contribution in [0.2, 0.25) is 0 Å². The first-order valence-electron chi connectivity index (χ1n) is 15.4. The molecule has 254 valence electrons. The number of hydrogen-bond donors (Lipinski definition) is 3. The number of nitrogens with one attached hydrogen (secondary N) is 2. The smallest absolute Gasteiger partial charge is 0.337 e. The van der Waals surface area contributed by atoms with Gasteiger partial charge < -0.3 is 20.5 Å². The number of nitrogens with zero attached hydrogens (tertiary/aromatic N) is 3. The Hall–Kier alpha value is -6.31. The van der Waals surface area contributed by atoms with Crippen molar-refractivity contribution in [1.29, 1.82) is 0 Å². The molecule has 3 N–H and O–H groups in total. The van der Waals surface area contributed by atoms with E-state index in [1.54, 1.807) is 25.1 Å². The number of amides is 2. The number of rotatable bonds is 10. The first-order valence-corrected chi connectivity index (χ1v) is 15.4. The molecule has 5 aromatic rings. The van der Waals surface area contributed by atoms with Crippen LogP contribution in [-0.2, 0) is 24.1 Å². The fourth-order valence-corrected chi connectivity index (χ4v) is 6.01. The van der Waals surface area contributed by atoms with Crippen LogP contribution in [0.5, 0.6) is 0 Å². The molecule has 12 nitrogen and oxygen atoms in total. The summed E-state index contributed by atoms with van der Waals surface area (Å²) in [4.78, 5) is 68.6. The van der Waals surface area contributed by atoms with E-state index in [4.69, 9.17) is 4.74 Å². The summed E-state index contributed by atoms with van der Waals surface area (Å²) in [5.41, 5.74) is 3.15. The van der Waals surface area contributed by atoms with Crippen molar-refractivity contribution in [2.24, 2.45) is 0 Å². The van der Waals surface area contributed by atoms with E-state index < -0.39 is 47.2 Å². The van der Waals surface area contributed by atoms with E-state index in [-0.39, 0.29) is 46.7 Å². The quantitative estimate of drug-likeness (QED) is 0.141. The normalized spacial score (nSPS) is 13.5. The number of ketones is 1. The first kappa shape index (κ1) is 33.6. The summed E-state index contributed by atoms with van der Waals surface area (Å²) in [6.07, 6.45) is 2.17. The lowest BCUT2D eigenvalue weighted by Gasteiger charge is -2.16. The number of halogens is 2. The number of benzene rings is 3. The van der Waals surface area contributed by atoms with Crippen molar-refractivity contribution in [2.45, 2.75) is 38.8 Å². The number of aromatic carboxylic acids is 1. The zero-order chi connectivity index (χ0) is 35.7. The molecule has 0 unspecified atom stereocenters. The summed E-state index contributed by atoms with van der Waals surface area (Å²) in [5, 5.41) is 19.3. The summed E-state index contributed by atoms with van der Waals surface area (Å²) >= 11 is 0. The summed E-state index contributed by atoms with van der Waals surface area (Å²) in [7, 11) is 1.26. The third kappa shape index (κ3) is 6.55. The number of methoxy groups -OCH3 is 1. The molecule has 0 aliphatic heterocycles. The lowest BCUT2D eigenvalue weighted by atomic mass is 9.98. The van der Waals surface area contributed by atoms with E-state index >= 15 is 0 Å². The zero-order valence-corrected chi connectivity index (χ0v) is 26.8. The molecule has 0 spiro atoms. The van der Waals surface area contributed by atoms with Crippen molar-refractivity contribution in [3.05, 3.63) is 134 Å². The van der Waals surface area contributed by atoms with Crippen LogP contribution in [0.15, 0.2) is 66.9 Å². The second kappa shape index (κ2) is 13.7. The van der Waals surface area contributed by atoms with Crippen molar-refractivity contribution in [1.82, 2.24) is 25.2 Å². The maximum absolute atomic E-state index is 13.9. The number of aromatic nitrogens is 3. The third-order valence-electron chi connectivity index (χ3n) is 8.64. The van der Waals surface area contributed by atoms with Gasteiger partial charge in [0.15, 0.2) is 23.1 Å². The second-order valence-electron chi connectivity index (χ2n) is 11.7. The molecule has 0 radical (unpaired) electrons. The maximum Gasteiger partial charge on any atom is 0.337 e. The minimum atomic E-state index is -1.08. The van der Waals surface area contributed by atoms with Crippen LogP contribution in [0.1, 0.15) is 92.3 Å². The SMILES string of the molecule is COC(=O)c1ccc(CC(=O)c2cnn3c(C(=O)N[C@H]4CCc5c4ccc(C(=O)O)c5C)cc(C(=O)NCc4ccc(F)c(F)c4)nc23)cc1. The van der Waals surface area contributed by atoms with Gasteiger partial charge in [0.25, 0.3) is 11.8 Å². The molecule has 0 saturated heterocycles. The van der Waals surface area contributed by atoms with Crippen LogP contribution in [-0.4, -0.2) is 56.4 Å². The Morgan fingerprint density at radius 1 is 0.940 bits per heavy atom. The predicted octanol–water partition coefficient (Wildman–Crippen LogP) is 4.57. The highest BCUT2D eigenvalue weighted by Crippen LogP contribution is 2.35. The monoisotopic (exact) mass is 681 g/mol. The Balaban J connectivity index is 1.32. The van der Waals surface area contributed by atoms with E-state index in [9.17, 15) is 37.9 Å². The number of Topliss-reactive ketones (excluding diaryl/α,β-unsaturated/α-hetero) is 1. The highest BCUT2D eigenvalue weighted by atomic mass is 19.2. The Labute approximate surface area is 283 Å². The number of ether oxygens (including phenoxy) is 1. The topological polar surface area (TPSA) is 169 Å². The minimum absolute atomic E-state index is 0.0226. The second-order valence-corrected chi connectivity index (χ2v) is 11.7. The van der Waals surface area contributed by atoms with E-state index in [2.05, 4.69) is 20.7 Å². The Morgan fingerprint density at radius 2 is 1.68 bits per heavy atom. The Morgan fingerprint density at radius 3 is 2.38 bits per heavy atom. The molecule has 0 saturated carbocycles. The van der Waals surface area contributed by atoms with E-state index in [1.807, 2.05) is 0 Å². The van der Waals surface area contributed by atoms with Gasteiger partial charge in [-0.25, -0.2) is 27.9 Å². The molecule has 2 heterocycles. The lowest BCUT2D eigenvalue weighted by molar-refractivity contribution is 0.0599. The molecular weight excluding hydrogens is 652 g/mol. The molecule has 3 aromatic carbocycles. The van der Waals surface area contributed by atoms with Gasteiger partial charge in [-0.1, -0.05) is 24.3 Å². The largest absolute Gasteiger partial charge is 0.478 e. The van der Waals surface area contributed by atoms with Crippen LogP contribution in [0.25, 0.3) is 5.65 Å². The van der Waals surface area contributed by atoms with E-state index in [1.165, 1.54) is 43.6 Å². The van der Waals surface area contributed by atoms with Gasteiger partial charge in [0.05, 0.1) is 36.0 Å². The average molecular weight is 682 g/mol. The van der Waals surface area contributed by atoms with Gasteiger partial charge in [-0.05, 0) is 77.9 Å². The van der Waals surface area contributed by atoms with Crippen LogP contribution in [0.4, 0.5) is 8.78 Å². The molecule has 1 aliphatic rings. The summed E-state index contributed by atoms with van der Waals surface area (Å²) in [6.45, 7) is 1.54. The molecular formula is C36H29F2N5O7. The molecule has 1 atom stereocenters. The van der Waals surface area contributed by atoms with Gasteiger partial charge in [-0.15, -0.1) is 0 Å². The van der Waals surface area contributed by atoms with Gasteiger partial charge >= 0.3 is 11.9 Å². The first-order chi connectivity index (χ1) is 23.9. The van der Waals surface area contributed by atoms with Gasteiger partial charge in [0.1, 0.15) is 11.4 Å². The van der Waals surface area contributed by atoms with Crippen molar-refractivity contribution in [2.75, 3.05) is 7.11 Å². The fraction of sp³-hybridized carbons (Fsp3) is 0.194. The molecule has 6 rings (SSSR count). The highest BCUT2D eigenvalue weighted by Gasteiger charge is 2.30. The predicted molar refractivity (Wildman–Crippen MR) is 173 cm³/mol. The Kier molecular flexibility index (Phi) is 9.18. The van der Waals surface area contributed by atoms with Crippen molar-refractivity contribution in [3.63, 3.8) is 0 Å². The summed E-state index contributed by atoms with van der Waals surface area (Å²) in [6, 6.07) is 13.3. The zero-order valence-electron chi connectivity index (χ0n) is 26.8. The van der Waals surface area contributed by atoms with Gasteiger partial charge in [-0.2, -0.15) is 5.10 Å². The Bertz CT molecular complexity index is 2220. The van der Waals surface area contributed by atoms with Crippen LogP contribution in [0.3, 0.4) is 0 Å². The van der Waals surface area contributed by atoms with Gasteiger partial charge in [0.2, 0.25) is 0 Å². The molecule has 0 bridgehead atoms. The minimum Gasteiger partial charge on any atom is -0.478 e. The van der Waals surface area contributed by atoms with E-state index in [0.29, 0.717) is 29.5 Å². The molecule has 0 fully saturated rings. The highest BCUT2D eigenvalue weighted by molar-refractivity contribution is 6.05. The fourth-order valence-electron chi connectivity index (χ4n) is 6.01. The third-order valence-corrected chi connectivity index (χ3v) is 8.64. The van der Waals surface area contributed by atoms with Gasteiger partial charge in [0, 0.05) is 19.0 Å². The summed E-state index contributed by atoms with van der Waals surface area (Å²) in [5.74, 6) is -5.52. The summed E-state index contributed by atoms with van der Waals surface area (Å²) < 4.78 is 33.0. The standard InChI is InChI=1S/C36H29F2N5O7/c1-18-22-10-12-28(24(22)9-8-23(18)35(47)48)42-34(46)30-15-29(33(45)39-16-20-5-11-26(37)27(38)13-20)41-32-25(17-40-43(30)32)31(44)14-19-3-6-21(7-4-19)36(49)50-2/h3-9,11,13,15,17,28H,10,12,14,16H2,1-2H3,(H,39,45)(H,42,46)(H,47,48)/t28-/m0/s1. The van der Waals surface area contributed by atoms with E-state index in [0.717, 1.165) is 27.8 Å². The lowest BCUT2D eigenvalue weighted by Crippen LogP contribution is -2.31. The number of fused-ring (bicyclic) bond motifs is 2. The molecule has 14 heteroatoms. The van der Waals surface area contributed by atoms with Crippen molar-refractivity contribution < 1.29 is 42.6 Å². The van der Waals surface area contributed by atoms with Crippen LogP contribution < -0.4 is 10.6 Å². The van der Waals surface area contributed by atoms with Crippen molar-refractivity contribution >= 4 is 35.2 Å². The van der Waals surface area contributed by atoms with Crippen LogP contribution >= 0.6 is 0 Å². The number of carbonyl (C=O) groups excluding carboxylic acids is 4.